The molecule has 0 aliphatic carbocycles. The average Bonchev–Trinajstić information content (AvgIpc) is 2.28. The highest BCUT2D eigenvalue weighted by molar-refractivity contribution is 5.69. The van der Waals surface area contributed by atoms with Crippen LogP contribution in [0.25, 0.3) is 0 Å². The van der Waals surface area contributed by atoms with E-state index in [0.29, 0.717) is 19.4 Å². The van der Waals surface area contributed by atoms with Gasteiger partial charge < -0.3 is 19.3 Å². The summed E-state index contributed by atoms with van der Waals surface area (Å²) in [6.45, 7) is 4.07. The van der Waals surface area contributed by atoms with Crippen LogP contribution in [-0.2, 0) is 19.0 Å². The van der Waals surface area contributed by atoms with Gasteiger partial charge in [0.05, 0.1) is 31.3 Å². The number of rotatable bonds is 9. The Labute approximate surface area is 103 Å². The second-order valence-corrected chi connectivity index (χ2v) is 4.20. The van der Waals surface area contributed by atoms with E-state index in [0.717, 1.165) is 0 Å². The van der Waals surface area contributed by atoms with Crippen molar-refractivity contribution in [1.82, 2.24) is 0 Å². The highest BCUT2D eigenvalue weighted by atomic mass is 16.5. The smallest absolute Gasteiger partial charge is 0.308 e. The predicted molar refractivity (Wildman–Crippen MR) is 63.8 cm³/mol. The minimum Gasteiger partial charge on any atom is -0.465 e. The Morgan fingerprint density at radius 3 is 2.29 bits per heavy atom. The van der Waals surface area contributed by atoms with E-state index >= 15 is 0 Å². The third-order valence-electron chi connectivity index (χ3n) is 2.60. The number of ether oxygens (including phenoxy) is 3. The maximum Gasteiger partial charge on any atom is 0.308 e. The van der Waals surface area contributed by atoms with Crippen LogP contribution in [0.1, 0.15) is 33.1 Å². The molecule has 0 spiro atoms. The molecule has 0 amide bonds. The molecular formula is C12H24O5. The molecule has 1 N–H and O–H groups in total. The van der Waals surface area contributed by atoms with E-state index in [-0.39, 0.29) is 24.6 Å². The fourth-order valence-electron chi connectivity index (χ4n) is 1.27. The molecule has 5 nitrogen and oxygen atoms in total. The SMILES string of the molecule is COC(C)CCOC(=O)CC(O)CC(C)OC. The predicted octanol–water partition coefficient (Wildman–Crippen LogP) is 1.13. The average molecular weight is 248 g/mol. The van der Waals surface area contributed by atoms with E-state index in [9.17, 15) is 9.90 Å². The van der Waals surface area contributed by atoms with Crippen LogP contribution in [0.2, 0.25) is 0 Å². The summed E-state index contributed by atoms with van der Waals surface area (Å²) in [4.78, 5) is 11.3. The Balaban J connectivity index is 3.64. The van der Waals surface area contributed by atoms with Crippen LogP contribution in [0.4, 0.5) is 0 Å². The molecule has 102 valence electrons. The van der Waals surface area contributed by atoms with Gasteiger partial charge in [-0.25, -0.2) is 0 Å². The van der Waals surface area contributed by atoms with Crippen molar-refractivity contribution < 1.29 is 24.1 Å². The third kappa shape index (κ3) is 9.09. The standard InChI is InChI=1S/C12H24O5/c1-9(15-3)5-6-17-12(14)8-11(13)7-10(2)16-4/h9-11,13H,5-8H2,1-4H3. The lowest BCUT2D eigenvalue weighted by Gasteiger charge is -2.15. The van der Waals surface area contributed by atoms with E-state index in [1.165, 1.54) is 0 Å². The number of hydrogen-bond acceptors (Lipinski definition) is 5. The first-order chi connectivity index (χ1) is 7.99. The van der Waals surface area contributed by atoms with Crippen LogP contribution in [0, 0.1) is 0 Å². The van der Waals surface area contributed by atoms with Crippen LogP contribution in [0.15, 0.2) is 0 Å². The van der Waals surface area contributed by atoms with Crippen molar-refractivity contribution in [3.8, 4) is 0 Å². The van der Waals surface area contributed by atoms with E-state index in [2.05, 4.69) is 0 Å². The first-order valence-corrected chi connectivity index (χ1v) is 5.88. The van der Waals surface area contributed by atoms with Crippen LogP contribution < -0.4 is 0 Å². The maximum atomic E-state index is 11.3. The van der Waals surface area contributed by atoms with Gasteiger partial charge in [-0.15, -0.1) is 0 Å². The fourth-order valence-corrected chi connectivity index (χ4v) is 1.27. The summed E-state index contributed by atoms with van der Waals surface area (Å²) in [7, 11) is 3.18. The van der Waals surface area contributed by atoms with Gasteiger partial charge in [0.15, 0.2) is 0 Å². The molecule has 0 fully saturated rings. The third-order valence-corrected chi connectivity index (χ3v) is 2.60. The second-order valence-electron chi connectivity index (χ2n) is 4.20. The Kier molecular flexibility index (Phi) is 9.03. The molecule has 3 unspecified atom stereocenters. The largest absolute Gasteiger partial charge is 0.465 e. The molecule has 0 saturated carbocycles. The Morgan fingerprint density at radius 1 is 1.18 bits per heavy atom. The van der Waals surface area contributed by atoms with E-state index < -0.39 is 6.10 Å². The van der Waals surface area contributed by atoms with Crippen molar-refractivity contribution in [3.63, 3.8) is 0 Å². The van der Waals surface area contributed by atoms with E-state index in [1.807, 2.05) is 13.8 Å². The zero-order chi connectivity index (χ0) is 13.3. The van der Waals surface area contributed by atoms with Gasteiger partial charge in [0.1, 0.15) is 0 Å². The lowest BCUT2D eigenvalue weighted by Crippen LogP contribution is -2.22. The minimum absolute atomic E-state index is 0.00899. The Bertz CT molecular complexity index is 207. The summed E-state index contributed by atoms with van der Waals surface area (Å²) in [5.41, 5.74) is 0. The molecule has 0 bridgehead atoms. The van der Waals surface area contributed by atoms with Gasteiger partial charge in [-0.05, 0) is 20.3 Å². The molecule has 0 aliphatic rings. The van der Waals surface area contributed by atoms with E-state index in [4.69, 9.17) is 14.2 Å². The number of hydrogen-bond donors (Lipinski definition) is 1. The van der Waals surface area contributed by atoms with Crippen molar-refractivity contribution in [3.05, 3.63) is 0 Å². The fraction of sp³-hybridized carbons (Fsp3) is 0.917. The van der Waals surface area contributed by atoms with Gasteiger partial charge in [0.25, 0.3) is 0 Å². The molecule has 0 aliphatic heterocycles. The van der Waals surface area contributed by atoms with Gasteiger partial charge >= 0.3 is 5.97 Å². The minimum atomic E-state index is -0.711. The van der Waals surface area contributed by atoms with Crippen molar-refractivity contribution in [1.29, 1.82) is 0 Å². The highest BCUT2D eigenvalue weighted by Crippen LogP contribution is 2.06. The summed E-state index contributed by atoms with van der Waals surface area (Å²) in [5, 5.41) is 9.57. The second kappa shape index (κ2) is 9.39. The molecular weight excluding hydrogens is 224 g/mol. The molecule has 0 saturated heterocycles. The van der Waals surface area contributed by atoms with Crippen molar-refractivity contribution in [2.75, 3.05) is 20.8 Å². The number of carbonyl (C=O) groups is 1. The molecule has 0 aromatic heterocycles. The number of aliphatic hydroxyl groups is 1. The zero-order valence-corrected chi connectivity index (χ0v) is 11.1. The summed E-state index contributed by atoms with van der Waals surface area (Å²) >= 11 is 0. The highest BCUT2D eigenvalue weighted by Gasteiger charge is 2.15. The van der Waals surface area contributed by atoms with Crippen molar-refractivity contribution in [2.24, 2.45) is 0 Å². The van der Waals surface area contributed by atoms with Crippen LogP contribution >= 0.6 is 0 Å². The summed E-state index contributed by atoms with van der Waals surface area (Å²) < 4.78 is 15.0. The lowest BCUT2D eigenvalue weighted by atomic mass is 10.1. The van der Waals surface area contributed by atoms with Gasteiger partial charge in [0.2, 0.25) is 0 Å². The summed E-state index contributed by atoms with van der Waals surface area (Å²) in [6, 6.07) is 0. The molecule has 5 heteroatoms. The Hall–Kier alpha value is -0.650. The van der Waals surface area contributed by atoms with E-state index in [1.54, 1.807) is 14.2 Å². The molecule has 0 aromatic carbocycles. The molecule has 0 rings (SSSR count). The van der Waals surface area contributed by atoms with Gasteiger partial charge in [-0.2, -0.15) is 0 Å². The zero-order valence-electron chi connectivity index (χ0n) is 11.1. The van der Waals surface area contributed by atoms with Gasteiger partial charge in [-0.3, -0.25) is 4.79 Å². The first kappa shape index (κ1) is 16.4. The quantitative estimate of drug-likeness (QED) is 0.620. The van der Waals surface area contributed by atoms with Crippen LogP contribution in [0.3, 0.4) is 0 Å². The molecule has 0 aromatic rings. The number of esters is 1. The monoisotopic (exact) mass is 248 g/mol. The molecule has 0 heterocycles. The lowest BCUT2D eigenvalue weighted by molar-refractivity contribution is -0.146. The molecule has 17 heavy (non-hydrogen) atoms. The van der Waals surface area contributed by atoms with Gasteiger partial charge in [-0.1, -0.05) is 0 Å². The Morgan fingerprint density at radius 2 is 1.76 bits per heavy atom. The molecule has 3 atom stereocenters. The summed E-state index contributed by atoms with van der Waals surface area (Å²) in [5.74, 6) is -0.385. The van der Waals surface area contributed by atoms with Crippen LogP contribution in [-0.4, -0.2) is 50.2 Å². The summed E-state index contributed by atoms with van der Waals surface area (Å²) in [6.07, 6.45) is 0.395. The van der Waals surface area contributed by atoms with Crippen molar-refractivity contribution >= 4 is 5.97 Å². The first-order valence-electron chi connectivity index (χ1n) is 5.88. The maximum absolute atomic E-state index is 11.3. The topological polar surface area (TPSA) is 65.0 Å². The molecule has 0 radical (unpaired) electrons. The van der Waals surface area contributed by atoms with Crippen molar-refractivity contribution in [2.45, 2.75) is 51.4 Å². The number of methoxy groups -OCH3 is 2. The number of carbonyl (C=O) groups excluding carboxylic acids is 1. The van der Waals surface area contributed by atoms with Gasteiger partial charge in [0, 0.05) is 20.6 Å². The normalized spacial score (nSPS) is 16.3. The number of aliphatic hydroxyl groups excluding tert-OH is 1. The van der Waals surface area contributed by atoms with Crippen LogP contribution in [0.5, 0.6) is 0 Å².